The molecule has 2 N–H and O–H groups in total. The van der Waals surface area contributed by atoms with Gasteiger partial charge in [-0.25, -0.2) is 9.59 Å². The van der Waals surface area contributed by atoms with E-state index in [0.29, 0.717) is 42.6 Å². The van der Waals surface area contributed by atoms with Crippen molar-refractivity contribution in [1.82, 2.24) is 0 Å². The number of hydrogen-bond donors (Lipinski definition) is 2. The van der Waals surface area contributed by atoms with Crippen LogP contribution in [0.1, 0.15) is 11.1 Å². The molecule has 0 heterocycles. The summed E-state index contributed by atoms with van der Waals surface area (Å²) < 4.78 is 11.4. The summed E-state index contributed by atoms with van der Waals surface area (Å²) in [6.45, 7) is 0. The highest BCUT2D eigenvalue weighted by Crippen LogP contribution is 2.31. The van der Waals surface area contributed by atoms with Gasteiger partial charge in [-0.3, -0.25) is 10.6 Å². The molecule has 0 unspecified atom stereocenters. The summed E-state index contributed by atoms with van der Waals surface area (Å²) in [5.74, 6) is -0.0802. The Kier molecular flexibility index (Phi) is 9.15. The third kappa shape index (κ3) is 7.66. The highest BCUT2D eigenvalue weighted by Gasteiger charge is 2.22. The van der Waals surface area contributed by atoms with Crippen molar-refractivity contribution in [2.45, 2.75) is 0 Å². The van der Waals surface area contributed by atoms with Crippen molar-refractivity contribution < 1.29 is 19.1 Å². The molecule has 4 aromatic rings. The fourth-order valence-corrected chi connectivity index (χ4v) is 3.72. The second-order valence-corrected chi connectivity index (χ2v) is 9.46. The molecule has 4 rings (SSSR count). The smallest absolute Gasteiger partial charge is 0.405 e. The van der Waals surface area contributed by atoms with Gasteiger partial charge < -0.3 is 9.47 Å². The highest BCUT2D eigenvalue weighted by atomic mass is 35.5. The zero-order valence-electron chi connectivity index (χ0n) is 19.4. The molecule has 0 saturated heterocycles. The maximum atomic E-state index is 12.9. The molecule has 0 aliphatic carbocycles. The Morgan fingerprint density at radius 3 is 1.00 bits per heavy atom. The summed E-state index contributed by atoms with van der Waals surface area (Å²) in [5, 5.41) is 7.20. The third-order valence-electron chi connectivity index (χ3n) is 4.99. The monoisotopic (exact) mass is 586 g/mol. The van der Waals surface area contributed by atoms with Gasteiger partial charge in [0, 0.05) is 42.6 Å². The second-order valence-electron chi connectivity index (χ2n) is 7.71. The molecule has 0 saturated carbocycles. The number of rotatable bonds is 6. The van der Waals surface area contributed by atoms with Gasteiger partial charge in [0.05, 0.1) is 0 Å². The van der Waals surface area contributed by atoms with Gasteiger partial charge in [0.1, 0.15) is 0 Å². The SMILES string of the molecule is O=C(Nc1ccc(Cl)cc1)O/C(=C(/OC(=O)Nc1ccc(Cl)cc1)c1ccc(Cl)cc1)c1ccc(Cl)cc1. The quantitative estimate of drug-likeness (QED) is 0.174. The minimum Gasteiger partial charge on any atom is -0.405 e. The lowest BCUT2D eigenvalue weighted by Crippen LogP contribution is -2.17. The van der Waals surface area contributed by atoms with Crippen LogP contribution in [0.4, 0.5) is 21.0 Å². The van der Waals surface area contributed by atoms with Gasteiger partial charge in [-0.05, 0) is 97.1 Å². The van der Waals surface area contributed by atoms with E-state index in [4.69, 9.17) is 55.9 Å². The number of hydrogen-bond acceptors (Lipinski definition) is 4. The summed E-state index contributed by atoms with van der Waals surface area (Å²) in [7, 11) is 0. The van der Waals surface area contributed by atoms with Crippen LogP contribution in [-0.2, 0) is 9.47 Å². The maximum Gasteiger partial charge on any atom is 0.417 e. The number of carbonyl (C=O) groups excluding carboxylic acids is 2. The predicted molar refractivity (Wildman–Crippen MR) is 153 cm³/mol. The molecule has 4 aromatic carbocycles. The number of nitrogens with one attached hydrogen (secondary N) is 2. The second kappa shape index (κ2) is 12.7. The summed E-state index contributed by atoms with van der Waals surface area (Å²) in [6, 6.07) is 25.9. The van der Waals surface area contributed by atoms with Crippen LogP contribution in [0.15, 0.2) is 97.1 Å². The first-order valence-corrected chi connectivity index (χ1v) is 12.5. The van der Waals surface area contributed by atoms with E-state index < -0.39 is 12.2 Å². The fourth-order valence-electron chi connectivity index (χ4n) is 3.21. The standard InChI is InChI=1S/C28H18Cl4N2O4/c29-19-5-1-17(2-6-19)25(37-27(35)33-23-13-9-21(31)10-14-23)26(18-3-7-20(30)8-4-18)38-28(36)34-24-15-11-22(32)12-16-24/h1-16H,(H,33,35)(H,34,36)/b26-25+. The van der Waals surface area contributed by atoms with E-state index in [1.807, 2.05) is 0 Å². The molecule has 38 heavy (non-hydrogen) atoms. The minimum atomic E-state index is -0.828. The third-order valence-corrected chi connectivity index (χ3v) is 6.00. The molecular weight excluding hydrogens is 570 g/mol. The molecule has 10 heteroatoms. The van der Waals surface area contributed by atoms with E-state index in [9.17, 15) is 9.59 Å². The first kappa shape index (κ1) is 27.4. The zero-order chi connectivity index (χ0) is 27.1. The molecule has 192 valence electrons. The normalized spacial score (nSPS) is 11.3. The van der Waals surface area contributed by atoms with Crippen molar-refractivity contribution >= 4 is 81.5 Å². The number of amides is 2. The largest absolute Gasteiger partial charge is 0.417 e. The van der Waals surface area contributed by atoms with Gasteiger partial charge >= 0.3 is 12.2 Å². The topological polar surface area (TPSA) is 76.7 Å². The van der Waals surface area contributed by atoms with Gasteiger partial charge in [0.15, 0.2) is 11.5 Å². The van der Waals surface area contributed by atoms with E-state index in [1.54, 1.807) is 97.1 Å². The Morgan fingerprint density at radius 2 is 0.711 bits per heavy atom. The van der Waals surface area contributed by atoms with E-state index in [0.717, 1.165) is 0 Å². The molecule has 0 radical (unpaired) electrons. The molecule has 0 spiro atoms. The van der Waals surface area contributed by atoms with Crippen molar-refractivity contribution in [2.75, 3.05) is 10.6 Å². The molecule has 6 nitrogen and oxygen atoms in total. The van der Waals surface area contributed by atoms with Crippen LogP contribution in [-0.4, -0.2) is 12.2 Å². The highest BCUT2D eigenvalue weighted by molar-refractivity contribution is 6.31. The van der Waals surface area contributed by atoms with Crippen molar-refractivity contribution in [1.29, 1.82) is 0 Å². The number of ether oxygens (including phenoxy) is 2. The first-order chi connectivity index (χ1) is 18.3. The summed E-state index contributed by atoms with van der Waals surface area (Å²) in [5.41, 5.74) is 1.74. The molecular formula is C28H18Cl4N2O4. The average Bonchev–Trinajstić information content (AvgIpc) is 2.90. The minimum absolute atomic E-state index is 0.0401. The number of anilines is 2. The lowest BCUT2D eigenvalue weighted by atomic mass is 10.1. The Morgan fingerprint density at radius 1 is 0.447 bits per heavy atom. The Balaban J connectivity index is 1.73. The zero-order valence-corrected chi connectivity index (χ0v) is 22.4. The molecule has 0 aliphatic heterocycles. The Bertz CT molecular complexity index is 1340. The van der Waals surface area contributed by atoms with Crippen molar-refractivity contribution in [3.8, 4) is 0 Å². The average molecular weight is 588 g/mol. The van der Waals surface area contributed by atoms with Gasteiger partial charge in [0.25, 0.3) is 0 Å². The predicted octanol–water partition coefficient (Wildman–Crippen LogP) is 9.62. The van der Waals surface area contributed by atoms with Crippen LogP contribution in [0.25, 0.3) is 11.5 Å². The van der Waals surface area contributed by atoms with Gasteiger partial charge in [-0.15, -0.1) is 0 Å². The molecule has 0 aromatic heterocycles. The molecule has 0 fully saturated rings. The Labute approximate surface area is 238 Å². The van der Waals surface area contributed by atoms with Crippen LogP contribution in [0.5, 0.6) is 0 Å². The number of benzene rings is 4. The van der Waals surface area contributed by atoms with Crippen molar-refractivity contribution in [2.24, 2.45) is 0 Å². The lowest BCUT2D eigenvalue weighted by molar-refractivity contribution is 0.198. The molecule has 0 bridgehead atoms. The van der Waals surface area contributed by atoms with Crippen LogP contribution in [0.2, 0.25) is 20.1 Å². The van der Waals surface area contributed by atoms with Crippen LogP contribution in [0.3, 0.4) is 0 Å². The number of halogens is 4. The summed E-state index contributed by atoms with van der Waals surface area (Å²) in [6.07, 6.45) is -1.66. The lowest BCUT2D eigenvalue weighted by Gasteiger charge is -2.17. The van der Waals surface area contributed by atoms with E-state index in [2.05, 4.69) is 10.6 Å². The van der Waals surface area contributed by atoms with Crippen LogP contribution < -0.4 is 10.6 Å². The van der Waals surface area contributed by atoms with Gasteiger partial charge in [-0.1, -0.05) is 46.4 Å². The van der Waals surface area contributed by atoms with Crippen molar-refractivity contribution in [3.05, 3.63) is 128 Å². The molecule has 2 amide bonds. The molecule has 0 atom stereocenters. The van der Waals surface area contributed by atoms with E-state index in [1.165, 1.54) is 0 Å². The Hall–Kier alpha value is -3.68. The fraction of sp³-hybridized carbons (Fsp3) is 0. The van der Waals surface area contributed by atoms with Gasteiger partial charge in [-0.2, -0.15) is 0 Å². The first-order valence-electron chi connectivity index (χ1n) is 11.0. The van der Waals surface area contributed by atoms with Crippen LogP contribution in [0, 0.1) is 0 Å². The number of carbonyl (C=O) groups is 2. The summed E-state index contributed by atoms with van der Waals surface area (Å²) in [4.78, 5) is 25.9. The van der Waals surface area contributed by atoms with E-state index >= 15 is 0 Å². The van der Waals surface area contributed by atoms with Gasteiger partial charge in [0.2, 0.25) is 0 Å². The molecule has 0 aliphatic rings. The summed E-state index contributed by atoms with van der Waals surface area (Å²) >= 11 is 24.0. The van der Waals surface area contributed by atoms with E-state index in [-0.39, 0.29) is 11.5 Å². The van der Waals surface area contributed by atoms with Crippen molar-refractivity contribution in [3.63, 3.8) is 0 Å². The maximum absolute atomic E-state index is 12.9. The van der Waals surface area contributed by atoms with Crippen LogP contribution >= 0.6 is 46.4 Å².